The summed E-state index contributed by atoms with van der Waals surface area (Å²) in [6, 6.07) is 6.13. The van der Waals surface area contributed by atoms with Gasteiger partial charge in [0.15, 0.2) is 5.75 Å². The Hall–Kier alpha value is -2.60. The van der Waals surface area contributed by atoms with Crippen LogP contribution >= 0.6 is 34.8 Å². The summed E-state index contributed by atoms with van der Waals surface area (Å²) in [4.78, 5) is 30.1. The summed E-state index contributed by atoms with van der Waals surface area (Å²) in [5, 5.41) is 12.5. The van der Waals surface area contributed by atoms with Gasteiger partial charge in [0, 0.05) is 55.4 Å². The summed E-state index contributed by atoms with van der Waals surface area (Å²) < 4.78 is 28.1. The lowest BCUT2D eigenvalue weighted by Gasteiger charge is -2.36. The fraction of sp³-hybridized carbons (Fsp3) is 0.429. The number of nitrogens with zero attached hydrogens (tertiary/aromatic N) is 3. The molecule has 0 bridgehead atoms. The number of nitrogens with one attached hydrogen (secondary N) is 1. The minimum Gasteiger partial charge on any atom is -0.405 e. The van der Waals surface area contributed by atoms with Gasteiger partial charge in [0.25, 0.3) is 0 Å². The van der Waals surface area contributed by atoms with Crippen LogP contribution in [0.1, 0.15) is 24.4 Å². The molecular weight excluding hydrogens is 598 g/mol. The molecule has 1 saturated carbocycles. The molecule has 1 amide bonds. The van der Waals surface area contributed by atoms with Gasteiger partial charge in [-0.15, -0.1) is 0 Å². The second kappa shape index (κ2) is 13.1. The summed E-state index contributed by atoms with van der Waals surface area (Å²) in [5.74, 6) is -0.829. The Morgan fingerprint density at radius 3 is 2.54 bits per heavy atom. The Morgan fingerprint density at radius 2 is 1.85 bits per heavy atom. The van der Waals surface area contributed by atoms with Crippen molar-refractivity contribution >= 4 is 57.5 Å². The van der Waals surface area contributed by atoms with E-state index in [4.69, 9.17) is 49.4 Å². The van der Waals surface area contributed by atoms with Crippen molar-refractivity contribution in [2.75, 3.05) is 57.4 Å². The molecule has 9 nitrogen and oxygen atoms in total. The highest BCUT2D eigenvalue weighted by molar-refractivity contribution is 6.38. The van der Waals surface area contributed by atoms with Gasteiger partial charge in [0.05, 0.1) is 47.6 Å². The molecule has 2 N–H and O–H groups in total. The largest absolute Gasteiger partial charge is 0.413 e. The molecular formula is C28H30Cl3FN4O5. The molecule has 2 aromatic carbocycles. The first-order valence-electron chi connectivity index (χ1n) is 13.4. The van der Waals surface area contributed by atoms with Crippen LogP contribution in [-0.2, 0) is 11.3 Å². The van der Waals surface area contributed by atoms with E-state index in [9.17, 15) is 9.59 Å². The number of aromatic nitrogens is 1. The standard InChI is InChI=1S/C28H30Cl3FN4O5/c29-18-2-1-17(21(30)13-18)15-33-28(39)41-23-16-36(19-3-4-19)25-20(27(23)38)14-22(32)26(24(25)31)35-7-5-34(6-8-35)9-11-40-12-10-37/h1-2,13-14,16,19,37H,3-12,15H2,(H,33,39). The number of piperazine rings is 1. The van der Waals surface area contributed by atoms with Crippen molar-refractivity contribution in [3.05, 3.63) is 67.1 Å². The molecule has 1 saturated heterocycles. The van der Waals surface area contributed by atoms with Crippen molar-refractivity contribution < 1.29 is 23.8 Å². The number of hydrogen-bond acceptors (Lipinski definition) is 7. The summed E-state index contributed by atoms with van der Waals surface area (Å²) in [6.45, 7) is 4.05. The molecule has 220 valence electrons. The fourth-order valence-corrected chi connectivity index (χ4v) is 5.82. The van der Waals surface area contributed by atoms with Gasteiger partial charge >= 0.3 is 6.09 Å². The summed E-state index contributed by atoms with van der Waals surface area (Å²) >= 11 is 18.9. The molecule has 13 heteroatoms. The second-order valence-electron chi connectivity index (χ2n) is 10.0. The molecule has 2 fully saturated rings. The van der Waals surface area contributed by atoms with Gasteiger partial charge < -0.3 is 29.4 Å². The molecule has 0 spiro atoms. The zero-order valence-electron chi connectivity index (χ0n) is 22.2. The van der Waals surface area contributed by atoms with E-state index in [2.05, 4.69) is 10.2 Å². The highest BCUT2D eigenvalue weighted by Gasteiger charge is 2.31. The Morgan fingerprint density at radius 1 is 1.10 bits per heavy atom. The van der Waals surface area contributed by atoms with Crippen LogP contribution in [0.15, 0.2) is 35.3 Å². The maximum Gasteiger partial charge on any atom is 0.413 e. The number of fused-ring (bicyclic) bond motifs is 1. The van der Waals surface area contributed by atoms with Crippen LogP contribution in [0.4, 0.5) is 14.9 Å². The maximum absolute atomic E-state index is 15.6. The van der Waals surface area contributed by atoms with Gasteiger partial charge in [-0.1, -0.05) is 40.9 Å². The topological polar surface area (TPSA) is 96.3 Å². The zero-order valence-corrected chi connectivity index (χ0v) is 24.4. The number of carbonyl (C=O) groups excluding carboxylic acids is 1. The number of benzene rings is 2. The Kier molecular flexibility index (Phi) is 9.58. The number of halogens is 4. The Bertz CT molecular complexity index is 1490. The first kappa shape index (κ1) is 29.9. The predicted octanol–water partition coefficient (Wildman–Crippen LogP) is 4.86. The SMILES string of the molecule is O=C(NCc1ccc(Cl)cc1Cl)Oc1cn(C2CC2)c2c(Cl)c(N3CCN(CCOCCO)CC3)c(F)cc2c1=O. The molecule has 3 aromatic rings. The first-order chi connectivity index (χ1) is 19.8. The van der Waals surface area contributed by atoms with Crippen LogP contribution in [0.25, 0.3) is 10.9 Å². The number of anilines is 1. The lowest BCUT2D eigenvalue weighted by molar-refractivity contribution is 0.0724. The van der Waals surface area contributed by atoms with E-state index < -0.39 is 17.3 Å². The number of amides is 1. The molecule has 1 aliphatic heterocycles. The van der Waals surface area contributed by atoms with E-state index in [0.717, 1.165) is 12.8 Å². The van der Waals surface area contributed by atoms with E-state index in [1.807, 2.05) is 9.47 Å². The van der Waals surface area contributed by atoms with Crippen molar-refractivity contribution in [2.45, 2.75) is 25.4 Å². The third kappa shape index (κ3) is 6.90. The van der Waals surface area contributed by atoms with Crippen molar-refractivity contribution in [3.63, 3.8) is 0 Å². The normalized spacial score (nSPS) is 15.9. The average Bonchev–Trinajstić information content (AvgIpc) is 3.79. The third-order valence-corrected chi connectivity index (χ3v) is 8.15. The van der Waals surface area contributed by atoms with Gasteiger partial charge in [-0.05, 0) is 36.6 Å². The summed E-state index contributed by atoms with van der Waals surface area (Å²) in [5.41, 5.74) is 0.683. The van der Waals surface area contributed by atoms with Gasteiger partial charge in [-0.25, -0.2) is 9.18 Å². The van der Waals surface area contributed by atoms with E-state index in [1.54, 1.807) is 18.2 Å². The molecule has 41 heavy (non-hydrogen) atoms. The third-order valence-electron chi connectivity index (χ3n) is 7.21. The average molecular weight is 628 g/mol. The van der Waals surface area contributed by atoms with Crippen LogP contribution in [0, 0.1) is 5.82 Å². The highest BCUT2D eigenvalue weighted by atomic mass is 35.5. The van der Waals surface area contributed by atoms with E-state index >= 15 is 4.39 Å². The second-order valence-corrected chi connectivity index (χ2v) is 11.2. The number of aliphatic hydroxyl groups excluding tert-OH is 1. The van der Waals surface area contributed by atoms with Crippen molar-refractivity contribution in [2.24, 2.45) is 0 Å². The number of aliphatic hydroxyl groups is 1. The zero-order chi connectivity index (χ0) is 29.1. The maximum atomic E-state index is 15.6. The number of hydrogen-bond donors (Lipinski definition) is 2. The van der Waals surface area contributed by atoms with Crippen LogP contribution in [-0.4, -0.2) is 73.2 Å². The van der Waals surface area contributed by atoms with Crippen LogP contribution in [0.3, 0.4) is 0 Å². The van der Waals surface area contributed by atoms with E-state index in [0.29, 0.717) is 67.1 Å². The number of carbonyl (C=O) groups is 1. The molecule has 0 radical (unpaired) electrons. The van der Waals surface area contributed by atoms with Crippen molar-refractivity contribution in [1.29, 1.82) is 0 Å². The van der Waals surface area contributed by atoms with Crippen molar-refractivity contribution in [3.8, 4) is 5.75 Å². The lowest BCUT2D eigenvalue weighted by atomic mass is 10.1. The first-order valence-corrected chi connectivity index (χ1v) is 14.5. The number of rotatable bonds is 10. The predicted molar refractivity (Wildman–Crippen MR) is 157 cm³/mol. The van der Waals surface area contributed by atoms with E-state index in [1.165, 1.54) is 12.3 Å². The van der Waals surface area contributed by atoms with Crippen LogP contribution < -0.4 is 20.4 Å². The molecule has 0 unspecified atom stereocenters. The van der Waals surface area contributed by atoms with Crippen LogP contribution in [0.2, 0.25) is 15.1 Å². The van der Waals surface area contributed by atoms with Gasteiger partial charge in [0.1, 0.15) is 5.82 Å². The van der Waals surface area contributed by atoms with Crippen molar-refractivity contribution in [1.82, 2.24) is 14.8 Å². The molecule has 2 aliphatic rings. The summed E-state index contributed by atoms with van der Waals surface area (Å²) in [6.07, 6.45) is 2.35. The molecule has 1 aromatic heterocycles. The van der Waals surface area contributed by atoms with Gasteiger partial charge in [-0.3, -0.25) is 9.69 Å². The minimum absolute atomic E-state index is 0.0140. The minimum atomic E-state index is -0.849. The molecule has 1 aliphatic carbocycles. The Labute approximate surface area is 251 Å². The molecule has 0 atom stereocenters. The summed E-state index contributed by atoms with van der Waals surface area (Å²) in [7, 11) is 0. The highest BCUT2D eigenvalue weighted by Crippen LogP contribution is 2.42. The monoisotopic (exact) mass is 626 g/mol. The Balaban J connectivity index is 1.36. The van der Waals surface area contributed by atoms with Crippen LogP contribution in [0.5, 0.6) is 5.75 Å². The molecule has 5 rings (SSSR count). The van der Waals surface area contributed by atoms with Gasteiger partial charge in [-0.2, -0.15) is 0 Å². The fourth-order valence-electron chi connectivity index (χ4n) is 4.93. The van der Waals surface area contributed by atoms with Gasteiger partial charge in [0.2, 0.25) is 5.43 Å². The lowest BCUT2D eigenvalue weighted by Crippen LogP contribution is -2.47. The number of ether oxygens (including phenoxy) is 2. The molecule has 2 heterocycles. The number of pyridine rings is 1. The van der Waals surface area contributed by atoms with E-state index in [-0.39, 0.29) is 41.0 Å². The smallest absolute Gasteiger partial charge is 0.405 e. The quantitative estimate of drug-likeness (QED) is 0.310.